The van der Waals surface area contributed by atoms with E-state index in [4.69, 9.17) is 5.11 Å². The van der Waals surface area contributed by atoms with Crippen molar-refractivity contribution in [2.24, 2.45) is 0 Å². The van der Waals surface area contributed by atoms with Crippen LogP contribution in [0.2, 0.25) is 0 Å². The molecule has 5 nitrogen and oxygen atoms in total. The first-order valence-electron chi connectivity index (χ1n) is 6.20. The zero-order valence-electron chi connectivity index (χ0n) is 11.3. The van der Waals surface area contributed by atoms with Gasteiger partial charge in [0.05, 0.1) is 0 Å². The summed E-state index contributed by atoms with van der Waals surface area (Å²) in [5, 5.41) is 11.7. The molecule has 0 aliphatic heterocycles. The average molecular weight is 264 g/mol. The van der Waals surface area contributed by atoms with Gasteiger partial charge in [-0.1, -0.05) is 30.3 Å². The highest BCUT2D eigenvalue weighted by Crippen LogP contribution is 2.03. The van der Waals surface area contributed by atoms with Gasteiger partial charge in [-0.15, -0.1) is 0 Å². The summed E-state index contributed by atoms with van der Waals surface area (Å²) in [7, 11) is 3.73. The Morgan fingerprint density at radius 3 is 2.42 bits per heavy atom. The smallest absolute Gasteiger partial charge is 0.326 e. The predicted molar refractivity (Wildman–Crippen MR) is 72.9 cm³/mol. The molecule has 0 bridgehead atoms. The molecule has 0 radical (unpaired) electrons. The SMILES string of the molecule is CN(C)CCC(=O)N[C@@H](Cc1ccccc1)C(=O)O. The molecule has 19 heavy (non-hydrogen) atoms. The largest absolute Gasteiger partial charge is 0.480 e. The van der Waals surface area contributed by atoms with E-state index in [9.17, 15) is 9.59 Å². The lowest BCUT2D eigenvalue weighted by atomic mass is 10.1. The van der Waals surface area contributed by atoms with Gasteiger partial charge < -0.3 is 15.3 Å². The predicted octanol–water partition coefficient (Wildman–Crippen LogP) is 0.750. The van der Waals surface area contributed by atoms with Gasteiger partial charge in [-0.2, -0.15) is 0 Å². The maximum absolute atomic E-state index is 11.7. The number of benzene rings is 1. The van der Waals surface area contributed by atoms with E-state index in [-0.39, 0.29) is 5.91 Å². The van der Waals surface area contributed by atoms with Gasteiger partial charge in [0.25, 0.3) is 0 Å². The van der Waals surface area contributed by atoms with Crippen molar-refractivity contribution in [1.82, 2.24) is 10.2 Å². The molecule has 2 N–H and O–H groups in total. The molecule has 104 valence electrons. The molecule has 0 heterocycles. The van der Waals surface area contributed by atoms with Crippen LogP contribution >= 0.6 is 0 Å². The van der Waals surface area contributed by atoms with E-state index in [2.05, 4.69) is 5.32 Å². The Kier molecular flexibility index (Phi) is 6.02. The number of rotatable bonds is 7. The standard InChI is InChI=1S/C14H20N2O3/c1-16(2)9-8-13(17)15-12(14(18)19)10-11-6-4-3-5-7-11/h3-7,12H,8-10H2,1-2H3,(H,15,17)(H,18,19)/t12-/m0/s1. The van der Waals surface area contributed by atoms with Crippen LogP contribution in [0.1, 0.15) is 12.0 Å². The highest BCUT2D eigenvalue weighted by atomic mass is 16.4. The first kappa shape index (κ1) is 15.2. The number of carboxylic acids is 1. The second-order valence-corrected chi connectivity index (χ2v) is 4.70. The van der Waals surface area contributed by atoms with Gasteiger partial charge >= 0.3 is 5.97 Å². The normalized spacial score (nSPS) is 12.2. The highest BCUT2D eigenvalue weighted by molar-refractivity contribution is 5.83. The first-order valence-corrected chi connectivity index (χ1v) is 6.20. The molecule has 1 rings (SSSR count). The molecule has 0 saturated carbocycles. The van der Waals surface area contributed by atoms with Crippen molar-refractivity contribution in [2.45, 2.75) is 18.9 Å². The lowest BCUT2D eigenvalue weighted by Gasteiger charge is -2.15. The second kappa shape index (κ2) is 7.53. The maximum atomic E-state index is 11.7. The number of aliphatic carboxylic acids is 1. The van der Waals surface area contributed by atoms with E-state index in [1.807, 2.05) is 49.3 Å². The molecule has 1 aromatic carbocycles. The molecule has 0 aromatic heterocycles. The summed E-state index contributed by atoms with van der Waals surface area (Å²) in [6.45, 7) is 0.601. The third-order valence-corrected chi connectivity index (χ3v) is 2.70. The van der Waals surface area contributed by atoms with Gasteiger partial charge in [0.15, 0.2) is 0 Å². The van der Waals surface area contributed by atoms with Crippen molar-refractivity contribution in [3.05, 3.63) is 35.9 Å². The summed E-state index contributed by atoms with van der Waals surface area (Å²) in [5.41, 5.74) is 0.891. The van der Waals surface area contributed by atoms with Gasteiger partial charge in [0.2, 0.25) is 5.91 Å². The lowest BCUT2D eigenvalue weighted by molar-refractivity contribution is -0.141. The van der Waals surface area contributed by atoms with Crippen LogP contribution in [0.4, 0.5) is 0 Å². The zero-order chi connectivity index (χ0) is 14.3. The molecule has 5 heteroatoms. The van der Waals surface area contributed by atoms with E-state index in [0.717, 1.165) is 5.56 Å². The second-order valence-electron chi connectivity index (χ2n) is 4.70. The number of carbonyl (C=O) groups excluding carboxylic acids is 1. The van der Waals surface area contributed by atoms with Crippen LogP contribution in [0.3, 0.4) is 0 Å². The fourth-order valence-corrected chi connectivity index (χ4v) is 1.64. The van der Waals surface area contributed by atoms with E-state index in [1.165, 1.54) is 0 Å². The highest BCUT2D eigenvalue weighted by Gasteiger charge is 2.20. The van der Waals surface area contributed by atoms with Gasteiger partial charge in [-0.3, -0.25) is 4.79 Å². The molecular formula is C14H20N2O3. The van der Waals surface area contributed by atoms with Crippen molar-refractivity contribution >= 4 is 11.9 Å². The van der Waals surface area contributed by atoms with Crippen molar-refractivity contribution in [3.63, 3.8) is 0 Å². The van der Waals surface area contributed by atoms with Crippen molar-refractivity contribution in [1.29, 1.82) is 0 Å². The van der Waals surface area contributed by atoms with Crippen LogP contribution in [0.15, 0.2) is 30.3 Å². The quantitative estimate of drug-likeness (QED) is 0.762. The van der Waals surface area contributed by atoms with E-state index < -0.39 is 12.0 Å². The number of amides is 1. The van der Waals surface area contributed by atoms with Crippen LogP contribution in [0.25, 0.3) is 0 Å². The molecule has 0 unspecified atom stereocenters. The summed E-state index contributed by atoms with van der Waals surface area (Å²) in [6, 6.07) is 8.39. The van der Waals surface area contributed by atoms with Gasteiger partial charge in [-0.25, -0.2) is 4.79 Å². The Labute approximate surface area is 113 Å². The van der Waals surface area contributed by atoms with Crippen molar-refractivity contribution in [3.8, 4) is 0 Å². The number of carboxylic acid groups (broad SMARTS) is 1. The van der Waals surface area contributed by atoms with Crippen molar-refractivity contribution in [2.75, 3.05) is 20.6 Å². The Balaban J connectivity index is 2.54. The number of hydrogen-bond acceptors (Lipinski definition) is 3. The van der Waals surface area contributed by atoms with Gasteiger partial charge in [0.1, 0.15) is 6.04 Å². The van der Waals surface area contributed by atoms with E-state index in [0.29, 0.717) is 19.4 Å². The fraction of sp³-hybridized carbons (Fsp3) is 0.429. The first-order chi connectivity index (χ1) is 8.99. The molecule has 0 spiro atoms. The summed E-state index contributed by atoms with van der Waals surface area (Å²) in [6.07, 6.45) is 0.593. The fourth-order valence-electron chi connectivity index (χ4n) is 1.64. The molecule has 0 saturated heterocycles. The molecular weight excluding hydrogens is 244 g/mol. The van der Waals surface area contributed by atoms with E-state index in [1.54, 1.807) is 0 Å². The minimum absolute atomic E-state index is 0.239. The van der Waals surface area contributed by atoms with Gasteiger partial charge in [0, 0.05) is 19.4 Å². The molecule has 0 fully saturated rings. The Morgan fingerprint density at radius 2 is 1.89 bits per heavy atom. The monoisotopic (exact) mass is 264 g/mol. The molecule has 1 aromatic rings. The summed E-state index contributed by atoms with van der Waals surface area (Å²) < 4.78 is 0. The van der Waals surface area contributed by atoms with Crippen LogP contribution in [0, 0.1) is 0 Å². The summed E-state index contributed by atoms with van der Waals surface area (Å²) in [4.78, 5) is 24.7. The third kappa shape index (κ3) is 6.01. The summed E-state index contributed by atoms with van der Waals surface area (Å²) in [5.74, 6) is -1.25. The molecule has 0 aliphatic rings. The average Bonchev–Trinajstić information content (AvgIpc) is 2.36. The number of carbonyl (C=O) groups is 2. The number of nitrogens with zero attached hydrogens (tertiary/aromatic N) is 1. The molecule has 0 aliphatic carbocycles. The Hall–Kier alpha value is -1.88. The Bertz CT molecular complexity index is 418. The minimum Gasteiger partial charge on any atom is -0.480 e. The molecule has 1 atom stereocenters. The van der Waals surface area contributed by atoms with Crippen LogP contribution in [-0.4, -0.2) is 48.6 Å². The molecule has 1 amide bonds. The zero-order valence-corrected chi connectivity index (χ0v) is 11.3. The van der Waals surface area contributed by atoms with Crippen molar-refractivity contribution < 1.29 is 14.7 Å². The summed E-state index contributed by atoms with van der Waals surface area (Å²) >= 11 is 0. The number of hydrogen-bond donors (Lipinski definition) is 2. The number of nitrogens with one attached hydrogen (secondary N) is 1. The lowest BCUT2D eigenvalue weighted by Crippen LogP contribution is -2.43. The topological polar surface area (TPSA) is 69.6 Å². The van der Waals surface area contributed by atoms with Crippen LogP contribution in [-0.2, 0) is 16.0 Å². The minimum atomic E-state index is -1.01. The van der Waals surface area contributed by atoms with Crippen LogP contribution < -0.4 is 5.32 Å². The maximum Gasteiger partial charge on any atom is 0.326 e. The Morgan fingerprint density at radius 1 is 1.26 bits per heavy atom. The van der Waals surface area contributed by atoms with E-state index >= 15 is 0 Å². The third-order valence-electron chi connectivity index (χ3n) is 2.70. The van der Waals surface area contributed by atoms with Crippen LogP contribution in [0.5, 0.6) is 0 Å². The van der Waals surface area contributed by atoms with Gasteiger partial charge in [-0.05, 0) is 19.7 Å².